The summed E-state index contributed by atoms with van der Waals surface area (Å²) in [6.45, 7) is 6.65. The second kappa shape index (κ2) is 9.56. The largest absolute Gasteiger partial charge is 0.368 e. The molecule has 0 bridgehead atoms. The summed E-state index contributed by atoms with van der Waals surface area (Å²) < 4.78 is 12.8. The monoisotopic (exact) mass is 341 g/mol. The van der Waals surface area contributed by atoms with Crippen molar-refractivity contribution in [2.45, 2.75) is 38.7 Å². The molecule has 0 amide bonds. The average molecular weight is 342 g/mol. The van der Waals surface area contributed by atoms with Crippen LogP contribution in [0.3, 0.4) is 0 Å². The molecule has 1 aliphatic rings. The number of hydrogen-bond donors (Lipinski definition) is 3. The van der Waals surface area contributed by atoms with Crippen LogP contribution in [0.4, 0.5) is 4.39 Å². The molecule has 3 unspecified atom stereocenters. The fraction of sp³-hybridized carbons (Fsp3) is 0.562. The van der Waals surface area contributed by atoms with Crippen LogP contribution < -0.4 is 16.4 Å². The van der Waals surface area contributed by atoms with E-state index >= 15 is 0 Å². The van der Waals surface area contributed by atoms with E-state index in [4.69, 9.17) is 23.8 Å². The van der Waals surface area contributed by atoms with Gasteiger partial charge in [-0.25, -0.2) is 9.40 Å². The molecule has 0 saturated carbocycles. The highest BCUT2D eigenvalue weighted by Crippen LogP contribution is 2.23. The van der Waals surface area contributed by atoms with Crippen LogP contribution in [-0.4, -0.2) is 35.7 Å². The van der Waals surface area contributed by atoms with Crippen molar-refractivity contribution in [3.8, 4) is 12.3 Å². The van der Waals surface area contributed by atoms with Gasteiger partial charge in [-0.1, -0.05) is 31.4 Å². The van der Waals surface area contributed by atoms with Crippen LogP contribution in [0.15, 0.2) is 29.2 Å². The molecule has 7 heteroatoms. The zero-order chi connectivity index (χ0) is 17.4. The van der Waals surface area contributed by atoms with Crippen molar-refractivity contribution in [2.24, 2.45) is 22.7 Å². The first-order valence-corrected chi connectivity index (χ1v) is 7.94. The van der Waals surface area contributed by atoms with E-state index in [1.54, 1.807) is 11.2 Å². The lowest BCUT2D eigenvalue weighted by Crippen LogP contribution is -2.50. The van der Waals surface area contributed by atoms with Gasteiger partial charge in [-0.2, -0.15) is 5.10 Å². The number of allylic oxidation sites excluding steroid dienone is 1. The van der Waals surface area contributed by atoms with Crippen LogP contribution in [0.25, 0.3) is 0 Å². The summed E-state index contributed by atoms with van der Waals surface area (Å²) in [6, 6.07) is 0. The standard InChI is InChI=1S/C16H25ClFN5/c1-5-13(18)6-7-20-8-12(4)9-21-16(17)23-15(19)14(10-22-23)11(2)3/h1,6-8,10-11,13-16,20-21H,9,19H2,2-4H3/b7-6+,12-8+/t13-,14?,15?,16?/m0/s1. The predicted octanol–water partition coefficient (Wildman–Crippen LogP) is 1.94. The second-order valence-corrected chi connectivity index (χ2v) is 6.17. The number of alkyl halides is 2. The van der Waals surface area contributed by atoms with Gasteiger partial charge in [0.2, 0.25) is 0 Å². The number of nitrogens with two attached hydrogens (primary N) is 1. The number of halogens is 2. The summed E-state index contributed by atoms with van der Waals surface area (Å²) in [5, 5.41) is 11.9. The maximum absolute atomic E-state index is 12.8. The molecule has 0 radical (unpaired) electrons. The summed E-state index contributed by atoms with van der Waals surface area (Å²) in [7, 11) is 0. The summed E-state index contributed by atoms with van der Waals surface area (Å²) in [5.74, 6) is 2.56. The lowest BCUT2D eigenvalue weighted by molar-refractivity contribution is 0.153. The lowest BCUT2D eigenvalue weighted by atomic mass is 9.95. The fourth-order valence-electron chi connectivity index (χ4n) is 2.05. The summed E-state index contributed by atoms with van der Waals surface area (Å²) in [6.07, 6.45) is 9.60. The Hall–Kier alpha value is -1.55. The first kappa shape index (κ1) is 19.5. The van der Waals surface area contributed by atoms with Gasteiger partial charge < -0.3 is 11.1 Å². The molecule has 4 atom stereocenters. The number of terminal acetylenes is 1. The zero-order valence-electron chi connectivity index (χ0n) is 13.7. The molecule has 5 nitrogen and oxygen atoms in total. The van der Waals surface area contributed by atoms with E-state index in [9.17, 15) is 4.39 Å². The summed E-state index contributed by atoms with van der Waals surface area (Å²) in [4.78, 5) is 0. The first-order valence-electron chi connectivity index (χ1n) is 7.50. The minimum atomic E-state index is -1.38. The summed E-state index contributed by atoms with van der Waals surface area (Å²) >= 11 is 6.31. The maximum Gasteiger partial charge on any atom is 0.180 e. The Balaban J connectivity index is 2.39. The Bertz CT molecular complexity index is 497. The number of hydrogen-bond acceptors (Lipinski definition) is 5. The van der Waals surface area contributed by atoms with Crippen molar-refractivity contribution in [2.75, 3.05) is 6.54 Å². The molecule has 0 saturated heterocycles. The van der Waals surface area contributed by atoms with Gasteiger partial charge in [0.05, 0.1) is 0 Å². The third-order valence-corrected chi connectivity index (χ3v) is 3.83. The molecule has 0 aromatic carbocycles. The highest BCUT2D eigenvalue weighted by molar-refractivity contribution is 6.20. The number of nitrogens with one attached hydrogen (secondary N) is 2. The van der Waals surface area contributed by atoms with Crippen LogP contribution in [0.2, 0.25) is 0 Å². The quantitative estimate of drug-likeness (QED) is 0.358. The van der Waals surface area contributed by atoms with Gasteiger partial charge in [0.1, 0.15) is 6.17 Å². The molecule has 0 spiro atoms. The molecule has 1 rings (SSSR count). The minimum absolute atomic E-state index is 0.186. The zero-order valence-corrected chi connectivity index (χ0v) is 14.5. The van der Waals surface area contributed by atoms with Crippen LogP contribution in [0, 0.1) is 24.2 Å². The maximum atomic E-state index is 12.8. The van der Waals surface area contributed by atoms with Crippen LogP contribution in [-0.2, 0) is 0 Å². The molecule has 128 valence electrons. The van der Waals surface area contributed by atoms with Crippen molar-refractivity contribution in [1.82, 2.24) is 15.6 Å². The van der Waals surface area contributed by atoms with E-state index < -0.39 is 11.8 Å². The number of nitrogens with zero attached hydrogens (tertiary/aromatic N) is 2. The first-order chi connectivity index (χ1) is 10.9. The number of hydrazone groups is 1. The van der Waals surface area contributed by atoms with Crippen molar-refractivity contribution in [1.29, 1.82) is 0 Å². The fourth-order valence-corrected chi connectivity index (χ4v) is 2.31. The Kier molecular flexibility index (Phi) is 8.10. The van der Waals surface area contributed by atoms with E-state index in [1.165, 1.54) is 12.3 Å². The van der Waals surface area contributed by atoms with Crippen LogP contribution >= 0.6 is 11.6 Å². The molecule has 0 aromatic heterocycles. The highest BCUT2D eigenvalue weighted by atomic mass is 35.5. The SMILES string of the molecule is C#C[C@H](F)/C=C/N/C=C(\C)CNC(Cl)N1N=CC(C(C)C)C1N. The molecular weight excluding hydrogens is 317 g/mol. The highest BCUT2D eigenvalue weighted by Gasteiger charge is 2.33. The van der Waals surface area contributed by atoms with Crippen molar-refractivity contribution < 1.29 is 4.39 Å². The van der Waals surface area contributed by atoms with Gasteiger partial charge in [-0.15, -0.1) is 6.42 Å². The van der Waals surface area contributed by atoms with E-state index in [-0.39, 0.29) is 12.1 Å². The van der Waals surface area contributed by atoms with Gasteiger partial charge in [0.15, 0.2) is 11.8 Å². The molecular formula is C16H25ClFN5. The third kappa shape index (κ3) is 6.22. The van der Waals surface area contributed by atoms with E-state index in [1.807, 2.05) is 19.1 Å². The van der Waals surface area contributed by atoms with E-state index in [0.29, 0.717) is 12.5 Å². The van der Waals surface area contributed by atoms with Gasteiger partial charge in [-0.05, 0) is 24.5 Å². The van der Waals surface area contributed by atoms with Crippen molar-refractivity contribution in [3.63, 3.8) is 0 Å². The van der Waals surface area contributed by atoms with Gasteiger partial charge in [0.25, 0.3) is 0 Å². The van der Waals surface area contributed by atoms with Crippen LogP contribution in [0.5, 0.6) is 0 Å². The molecule has 0 aliphatic carbocycles. The number of rotatable bonds is 8. The Labute approximate surface area is 142 Å². The smallest absolute Gasteiger partial charge is 0.180 e. The molecule has 23 heavy (non-hydrogen) atoms. The van der Waals surface area contributed by atoms with Gasteiger partial charge in [0, 0.05) is 31.1 Å². The molecule has 1 heterocycles. The van der Waals surface area contributed by atoms with E-state index in [2.05, 4.69) is 29.6 Å². The van der Waals surface area contributed by atoms with Gasteiger partial charge >= 0.3 is 0 Å². The van der Waals surface area contributed by atoms with Crippen LogP contribution in [0.1, 0.15) is 20.8 Å². The Morgan fingerprint density at radius 3 is 2.87 bits per heavy atom. The average Bonchev–Trinajstić information content (AvgIpc) is 2.90. The second-order valence-electron chi connectivity index (χ2n) is 5.76. The van der Waals surface area contributed by atoms with Crippen molar-refractivity contribution in [3.05, 3.63) is 24.0 Å². The molecule has 0 fully saturated rings. The normalized spacial score (nSPS) is 24.3. The Morgan fingerprint density at radius 1 is 1.61 bits per heavy atom. The minimum Gasteiger partial charge on any atom is -0.368 e. The Morgan fingerprint density at radius 2 is 2.30 bits per heavy atom. The molecule has 0 aromatic rings. The van der Waals surface area contributed by atoms with E-state index in [0.717, 1.165) is 5.57 Å². The topological polar surface area (TPSA) is 65.7 Å². The molecule has 1 aliphatic heterocycles. The van der Waals surface area contributed by atoms with Gasteiger partial charge in [-0.3, -0.25) is 5.32 Å². The third-order valence-electron chi connectivity index (χ3n) is 3.47. The lowest BCUT2D eigenvalue weighted by Gasteiger charge is -2.29. The molecule has 4 N–H and O–H groups in total. The van der Waals surface area contributed by atoms with Crippen molar-refractivity contribution >= 4 is 17.8 Å². The predicted molar refractivity (Wildman–Crippen MR) is 94.0 cm³/mol. The summed E-state index contributed by atoms with van der Waals surface area (Å²) in [5.41, 5.74) is 6.64.